The third-order valence-electron chi connectivity index (χ3n) is 3.39. The van der Waals surface area contributed by atoms with E-state index < -0.39 is 0 Å². The fourth-order valence-corrected chi connectivity index (χ4v) is 4.06. The molecule has 3 rings (SSSR count). The summed E-state index contributed by atoms with van der Waals surface area (Å²) in [6, 6.07) is 7.42. The molecule has 0 aliphatic heterocycles. The van der Waals surface area contributed by atoms with E-state index in [1.807, 2.05) is 37.4 Å². The molecular formula is C16H14ClN3OS2. The minimum absolute atomic E-state index is 0.0799. The SMILES string of the molecule is Cc1c(Cl)cccc1NC(=O)C(C)Sc1ncnc2ccsc12. The van der Waals surface area contributed by atoms with Gasteiger partial charge in [0, 0.05) is 10.7 Å². The lowest BCUT2D eigenvalue weighted by Crippen LogP contribution is -2.23. The number of aromatic nitrogens is 2. The largest absolute Gasteiger partial charge is 0.325 e. The number of benzene rings is 1. The second kappa shape index (κ2) is 6.86. The molecule has 3 aromatic rings. The molecule has 0 spiro atoms. The van der Waals surface area contributed by atoms with Crippen LogP contribution in [0.2, 0.25) is 5.02 Å². The van der Waals surface area contributed by atoms with E-state index in [1.165, 1.54) is 18.1 Å². The first-order chi connectivity index (χ1) is 11.1. The molecule has 0 saturated carbocycles. The third kappa shape index (κ3) is 3.49. The molecule has 0 radical (unpaired) electrons. The summed E-state index contributed by atoms with van der Waals surface area (Å²) in [5.41, 5.74) is 2.51. The highest BCUT2D eigenvalue weighted by molar-refractivity contribution is 8.00. The molecule has 2 heterocycles. The number of nitrogens with zero attached hydrogens (tertiary/aromatic N) is 2. The number of halogens is 1. The standard InChI is InChI=1S/C16H14ClN3OS2/c1-9-11(17)4-3-5-12(9)20-15(21)10(2)23-16-14-13(6-7-22-14)18-8-19-16/h3-8,10H,1-2H3,(H,20,21). The van der Waals surface area contributed by atoms with Gasteiger partial charge in [0.2, 0.25) is 5.91 Å². The van der Waals surface area contributed by atoms with Crippen molar-refractivity contribution in [2.45, 2.75) is 24.1 Å². The van der Waals surface area contributed by atoms with Gasteiger partial charge in [-0.3, -0.25) is 4.79 Å². The summed E-state index contributed by atoms with van der Waals surface area (Å²) < 4.78 is 1.01. The molecule has 118 valence electrons. The zero-order valence-electron chi connectivity index (χ0n) is 12.5. The van der Waals surface area contributed by atoms with Crippen LogP contribution < -0.4 is 5.32 Å². The van der Waals surface area contributed by atoms with Crippen molar-refractivity contribution in [3.63, 3.8) is 0 Å². The van der Waals surface area contributed by atoms with Crippen LogP contribution >= 0.6 is 34.7 Å². The fraction of sp³-hybridized carbons (Fsp3) is 0.188. The van der Waals surface area contributed by atoms with Gasteiger partial charge in [-0.05, 0) is 43.0 Å². The number of rotatable bonds is 4. The van der Waals surface area contributed by atoms with Gasteiger partial charge in [-0.15, -0.1) is 11.3 Å². The maximum atomic E-state index is 12.4. The van der Waals surface area contributed by atoms with Gasteiger partial charge >= 0.3 is 0 Å². The van der Waals surface area contributed by atoms with Crippen LogP contribution in [0.25, 0.3) is 10.2 Å². The van der Waals surface area contributed by atoms with Gasteiger partial charge < -0.3 is 5.32 Å². The molecule has 1 aromatic carbocycles. The van der Waals surface area contributed by atoms with Crippen molar-refractivity contribution >= 4 is 56.5 Å². The minimum Gasteiger partial charge on any atom is -0.325 e. The Bertz CT molecular complexity index is 865. The summed E-state index contributed by atoms with van der Waals surface area (Å²) >= 11 is 9.10. The molecule has 0 saturated heterocycles. The Balaban J connectivity index is 1.75. The van der Waals surface area contributed by atoms with Gasteiger partial charge in [-0.2, -0.15) is 0 Å². The van der Waals surface area contributed by atoms with Crippen LogP contribution in [0.15, 0.2) is 41.0 Å². The number of anilines is 1. The van der Waals surface area contributed by atoms with Gasteiger partial charge in [-0.25, -0.2) is 9.97 Å². The number of carbonyl (C=O) groups is 1. The molecule has 1 N–H and O–H groups in total. The first-order valence-electron chi connectivity index (χ1n) is 6.97. The lowest BCUT2D eigenvalue weighted by atomic mass is 10.2. The maximum absolute atomic E-state index is 12.4. The summed E-state index contributed by atoms with van der Waals surface area (Å²) in [5, 5.41) is 6.09. The van der Waals surface area contributed by atoms with E-state index in [0.29, 0.717) is 5.02 Å². The predicted molar refractivity (Wildman–Crippen MR) is 97.6 cm³/mol. The number of amides is 1. The van der Waals surface area contributed by atoms with Crippen LogP contribution in [0.3, 0.4) is 0 Å². The summed E-state index contributed by atoms with van der Waals surface area (Å²) in [4.78, 5) is 21.0. The van der Waals surface area contributed by atoms with E-state index in [4.69, 9.17) is 11.6 Å². The summed E-state index contributed by atoms with van der Waals surface area (Å²) in [6.45, 7) is 3.75. The van der Waals surface area contributed by atoms with Crippen LogP contribution in [0.4, 0.5) is 5.69 Å². The van der Waals surface area contributed by atoms with Crippen molar-refractivity contribution in [2.75, 3.05) is 5.32 Å². The monoisotopic (exact) mass is 363 g/mol. The average Bonchev–Trinajstić information content (AvgIpc) is 3.01. The van der Waals surface area contributed by atoms with Crippen LogP contribution in [0, 0.1) is 6.92 Å². The van der Waals surface area contributed by atoms with E-state index in [2.05, 4.69) is 15.3 Å². The van der Waals surface area contributed by atoms with Gasteiger partial charge in [-0.1, -0.05) is 29.4 Å². The smallest absolute Gasteiger partial charge is 0.237 e. The Morgan fingerprint density at radius 1 is 1.35 bits per heavy atom. The molecule has 0 fully saturated rings. The molecule has 1 atom stereocenters. The molecule has 2 aromatic heterocycles. The van der Waals surface area contributed by atoms with Crippen LogP contribution in [0.1, 0.15) is 12.5 Å². The van der Waals surface area contributed by atoms with E-state index in [1.54, 1.807) is 17.4 Å². The number of nitrogens with one attached hydrogen (secondary N) is 1. The molecule has 0 bridgehead atoms. The predicted octanol–water partition coefficient (Wildman–Crippen LogP) is 4.77. The first kappa shape index (κ1) is 16.2. The average molecular weight is 364 g/mol. The van der Waals surface area contributed by atoms with E-state index in [9.17, 15) is 4.79 Å². The zero-order chi connectivity index (χ0) is 16.4. The second-order valence-electron chi connectivity index (χ2n) is 4.98. The Labute approximate surface area is 147 Å². The van der Waals surface area contributed by atoms with Crippen molar-refractivity contribution in [1.29, 1.82) is 0 Å². The number of hydrogen-bond acceptors (Lipinski definition) is 5. The lowest BCUT2D eigenvalue weighted by molar-refractivity contribution is -0.115. The molecular weight excluding hydrogens is 350 g/mol. The molecule has 23 heavy (non-hydrogen) atoms. The molecule has 1 unspecified atom stereocenters. The van der Waals surface area contributed by atoms with E-state index >= 15 is 0 Å². The number of hydrogen-bond donors (Lipinski definition) is 1. The highest BCUT2D eigenvalue weighted by Crippen LogP contribution is 2.32. The van der Waals surface area contributed by atoms with E-state index in [0.717, 1.165) is 26.5 Å². The molecule has 1 amide bonds. The second-order valence-corrected chi connectivity index (χ2v) is 7.63. The lowest BCUT2D eigenvalue weighted by Gasteiger charge is -2.14. The summed E-state index contributed by atoms with van der Waals surface area (Å²) in [6.07, 6.45) is 1.53. The van der Waals surface area contributed by atoms with Crippen molar-refractivity contribution in [3.8, 4) is 0 Å². The van der Waals surface area contributed by atoms with E-state index in [-0.39, 0.29) is 11.2 Å². The van der Waals surface area contributed by atoms with Crippen molar-refractivity contribution in [2.24, 2.45) is 0 Å². The van der Waals surface area contributed by atoms with Crippen LogP contribution in [-0.2, 0) is 4.79 Å². The molecule has 4 nitrogen and oxygen atoms in total. The molecule has 7 heteroatoms. The Hall–Kier alpha value is -1.63. The molecule has 0 aliphatic rings. The zero-order valence-corrected chi connectivity index (χ0v) is 14.9. The number of thioether (sulfide) groups is 1. The quantitative estimate of drug-likeness (QED) is 0.535. The van der Waals surface area contributed by atoms with Crippen molar-refractivity contribution in [3.05, 3.63) is 46.6 Å². The third-order valence-corrected chi connectivity index (χ3v) is 5.94. The Morgan fingerprint density at radius 3 is 3.00 bits per heavy atom. The number of fused-ring (bicyclic) bond motifs is 1. The normalized spacial score (nSPS) is 12.3. The number of carbonyl (C=O) groups excluding carboxylic acids is 1. The van der Waals surface area contributed by atoms with Gasteiger partial charge in [0.25, 0.3) is 0 Å². The van der Waals surface area contributed by atoms with Gasteiger partial charge in [0.1, 0.15) is 11.4 Å². The number of thiophene rings is 1. The summed E-state index contributed by atoms with van der Waals surface area (Å²) in [7, 11) is 0. The highest BCUT2D eigenvalue weighted by atomic mass is 35.5. The minimum atomic E-state index is -0.284. The topological polar surface area (TPSA) is 54.9 Å². The van der Waals surface area contributed by atoms with Crippen molar-refractivity contribution < 1.29 is 4.79 Å². The van der Waals surface area contributed by atoms with Crippen molar-refractivity contribution in [1.82, 2.24) is 9.97 Å². The fourth-order valence-electron chi connectivity index (χ4n) is 2.05. The Morgan fingerprint density at radius 2 is 2.17 bits per heavy atom. The maximum Gasteiger partial charge on any atom is 0.237 e. The van der Waals surface area contributed by atoms with Gasteiger partial charge in [0.05, 0.1) is 15.5 Å². The summed E-state index contributed by atoms with van der Waals surface area (Å²) in [5.74, 6) is -0.0799. The molecule has 0 aliphatic carbocycles. The van der Waals surface area contributed by atoms with Crippen LogP contribution in [0.5, 0.6) is 0 Å². The highest BCUT2D eigenvalue weighted by Gasteiger charge is 2.18. The first-order valence-corrected chi connectivity index (χ1v) is 9.11. The van der Waals surface area contributed by atoms with Gasteiger partial charge in [0.15, 0.2) is 0 Å². The van der Waals surface area contributed by atoms with Crippen LogP contribution in [-0.4, -0.2) is 21.1 Å². The Kier molecular flexibility index (Phi) is 4.84.